The Balaban J connectivity index is 2.13. The molecule has 116 valence electrons. The van der Waals surface area contributed by atoms with Crippen molar-refractivity contribution in [2.45, 2.75) is 30.8 Å². The zero-order valence-corrected chi connectivity index (χ0v) is 11.6. The van der Waals surface area contributed by atoms with E-state index in [9.17, 15) is 20.1 Å². The fraction of sp³-hybridized carbons (Fsp3) is 0.462. The van der Waals surface area contributed by atoms with Crippen LogP contribution in [0.15, 0.2) is 11.0 Å². The molecule has 1 unspecified atom stereocenters. The number of ether oxygens (including phenoxy) is 1. The molecule has 4 atom stereocenters. The molecule has 0 radical (unpaired) electrons. The zero-order chi connectivity index (χ0) is 16.1. The highest BCUT2D eigenvalue weighted by Crippen LogP contribution is 2.39. The van der Waals surface area contributed by atoms with E-state index in [-0.39, 0.29) is 11.3 Å². The summed E-state index contributed by atoms with van der Waals surface area (Å²) in [6, 6.07) is 0. The van der Waals surface area contributed by atoms with Crippen LogP contribution < -0.4 is 5.56 Å². The summed E-state index contributed by atoms with van der Waals surface area (Å²) in [6.07, 6.45) is 2.65. The molecule has 22 heavy (non-hydrogen) atoms. The number of H-pyrrole nitrogens is 1. The third-order valence-electron chi connectivity index (χ3n) is 3.73. The SMILES string of the molecule is C#C[C@]1(CO)O[C@@H](c2cnc3c(=O)[nH]c(C)nn23)C(O)[C@H]1O. The molecule has 9 nitrogen and oxygen atoms in total. The van der Waals surface area contributed by atoms with Gasteiger partial charge in [0.2, 0.25) is 5.65 Å². The van der Waals surface area contributed by atoms with Crippen LogP contribution >= 0.6 is 0 Å². The minimum absolute atomic E-state index is 0.0214. The minimum atomic E-state index is -1.72. The lowest BCUT2D eigenvalue weighted by atomic mass is 9.96. The first kappa shape index (κ1) is 14.7. The van der Waals surface area contributed by atoms with Gasteiger partial charge in [-0.05, 0) is 6.92 Å². The van der Waals surface area contributed by atoms with Crippen LogP contribution in [0.3, 0.4) is 0 Å². The van der Waals surface area contributed by atoms with E-state index >= 15 is 0 Å². The molecule has 2 aromatic heterocycles. The molecule has 0 amide bonds. The van der Waals surface area contributed by atoms with Crippen LogP contribution in [-0.2, 0) is 4.74 Å². The van der Waals surface area contributed by atoms with E-state index in [1.54, 1.807) is 6.92 Å². The Hall–Kier alpha value is -2.25. The standard InChI is InChI=1S/C13H14N4O5/c1-3-13(5-18)10(20)8(19)9(22-13)7-4-14-11-12(21)15-6(2)16-17(7)11/h1,4,8-10,18-20H,5H2,2H3,(H,15,16,21)/t8?,9-,10+,13+/m0/s1. The summed E-state index contributed by atoms with van der Waals surface area (Å²) in [5, 5.41) is 33.8. The molecular weight excluding hydrogens is 292 g/mol. The van der Waals surface area contributed by atoms with Gasteiger partial charge in [-0.15, -0.1) is 6.42 Å². The Kier molecular flexibility index (Phi) is 3.26. The van der Waals surface area contributed by atoms with Crippen LogP contribution in [0, 0.1) is 19.3 Å². The maximum Gasteiger partial charge on any atom is 0.294 e. The fourth-order valence-electron chi connectivity index (χ4n) is 2.55. The lowest BCUT2D eigenvalue weighted by molar-refractivity contribution is -0.0732. The number of hydrogen-bond acceptors (Lipinski definition) is 7. The molecule has 0 aliphatic carbocycles. The van der Waals surface area contributed by atoms with Crippen molar-refractivity contribution in [1.82, 2.24) is 19.6 Å². The third kappa shape index (κ3) is 1.86. The molecule has 1 aliphatic rings. The summed E-state index contributed by atoms with van der Waals surface area (Å²) in [4.78, 5) is 18.2. The molecular formula is C13H14N4O5. The Bertz CT molecular complexity index is 822. The Morgan fingerprint density at radius 2 is 2.32 bits per heavy atom. The van der Waals surface area contributed by atoms with Gasteiger partial charge in [0, 0.05) is 0 Å². The van der Waals surface area contributed by atoms with E-state index in [0.717, 1.165) is 0 Å². The molecule has 0 spiro atoms. The van der Waals surface area contributed by atoms with Crippen LogP contribution in [0.25, 0.3) is 5.65 Å². The smallest absolute Gasteiger partial charge is 0.294 e. The molecule has 1 fully saturated rings. The van der Waals surface area contributed by atoms with Gasteiger partial charge in [-0.2, -0.15) is 5.10 Å². The van der Waals surface area contributed by atoms with Crippen molar-refractivity contribution in [3.8, 4) is 12.3 Å². The number of hydrogen-bond donors (Lipinski definition) is 4. The van der Waals surface area contributed by atoms with Crippen LogP contribution in [0.2, 0.25) is 0 Å². The van der Waals surface area contributed by atoms with Crippen molar-refractivity contribution in [3.63, 3.8) is 0 Å². The van der Waals surface area contributed by atoms with Gasteiger partial charge in [0.15, 0.2) is 5.60 Å². The number of aromatic amines is 1. The highest BCUT2D eigenvalue weighted by atomic mass is 16.6. The van der Waals surface area contributed by atoms with E-state index in [4.69, 9.17) is 11.2 Å². The maximum absolute atomic E-state index is 11.8. The molecule has 9 heteroatoms. The second kappa shape index (κ2) is 4.89. The van der Waals surface area contributed by atoms with Crippen molar-refractivity contribution in [2.75, 3.05) is 6.61 Å². The van der Waals surface area contributed by atoms with E-state index < -0.39 is 36.1 Å². The average Bonchev–Trinajstić information content (AvgIpc) is 3.01. The number of nitrogens with one attached hydrogen (secondary N) is 1. The van der Waals surface area contributed by atoms with Gasteiger partial charge < -0.3 is 25.0 Å². The first-order chi connectivity index (χ1) is 10.4. The average molecular weight is 306 g/mol. The van der Waals surface area contributed by atoms with Crippen molar-refractivity contribution < 1.29 is 20.1 Å². The first-order valence-electron chi connectivity index (χ1n) is 6.50. The molecule has 2 aromatic rings. The zero-order valence-electron chi connectivity index (χ0n) is 11.6. The number of aliphatic hydroxyl groups excluding tert-OH is 3. The van der Waals surface area contributed by atoms with Crippen LogP contribution in [0.5, 0.6) is 0 Å². The summed E-state index contributed by atoms with van der Waals surface area (Å²) in [7, 11) is 0. The quantitative estimate of drug-likeness (QED) is 0.466. The predicted molar refractivity (Wildman–Crippen MR) is 72.8 cm³/mol. The number of terminal acetylenes is 1. The summed E-state index contributed by atoms with van der Waals surface area (Å²) < 4.78 is 6.73. The Labute approximate surface area is 124 Å². The van der Waals surface area contributed by atoms with Gasteiger partial charge in [0.1, 0.15) is 24.1 Å². The monoisotopic (exact) mass is 306 g/mol. The summed E-state index contributed by atoms with van der Waals surface area (Å²) in [6.45, 7) is 0.923. The van der Waals surface area contributed by atoms with Crippen molar-refractivity contribution in [1.29, 1.82) is 0 Å². The molecule has 1 aliphatic heterocycles. The molecule has 0 aromatic carbocycles. The molecule has 3 heterocycles. The van der Waals surface area contributed by atoms with Gasteiger partial charge in [-0.25, -0.2) is 9.50 Å². The number of aliphatic hydroxyl groups is 3. The van der Waals surface area contributed by atoms with Crippen LogP contribution in [0.1, 0.15) is 17.6 Å². The highest BCUT2D eigenvalue weighted by Gasteiger charge is 2.54. The van der Waals surface area contributed by atoms with Gasteiger partial charge in [0.25, 0.3) is 5.56 Å². The third-order valence-corrected chi connectivity index (χ3v) is 3.73. The summed E-state index contributed by atoms with van der Waals surface area (Å²) in [5.41, 5.74) is -1.89. The normalized spacial score (nSPS) is 31.5. The van der Waals surface area contributed by atoms with E-state index in [1.807, 2.05) is 0 Å². The number of aryl methyl sites for hydroxylation is 1. The fourth-order valence-corrected chi connectivity index (χ4v) is 2.55. The molecule has 0 saturated carbocycles. The van der Waals surface area contributed by atoms with Crippen LogP contribution in [0.4, 0.5) is 0 Å². The minimum Gasteiger partial charge on any atom is -0.392 e. The molecule has 0 bridgehead atoms. The maximum atomic E-state index is 11.8. The Morgan fingerprint density at radius 1 is 1.59 bits per heavy atom. The second-order valence-corrected chi connectivity index (χ2v) is 5.12. The summed E-state index contributed by atoms with van der Waals surface area (Å²) >= 11 is 0. The van der Waals surface area contributed by atoms with Crippen LogP contribution in [-0.4, -0.2) is 59.3 Å². The number of fused-ring (bicyclic) bond motifs is 1. The number of aromatic nitrogens is 4. The van der Waals surface area contributed by atoms with Crippen molar-refractivity contribution in [3.05, 3.63) is 28.1 Å². The largest absolute Gasteiger partial charge is 0.392 e. The van der Waals surface area contributed by atoms with Gasteiger partial charge in [-0.1, -0.05) is 5.92 Å². The number of rotatable bonds is 2. The second-order valence-electron chi connectivity index (χ2n) is 5.12. The van der Waals surface area contributed by atoms with Gasteiger partial charge >= 0.3 is 0 Å². The predicted octanol–water partition coefficient (Wildman–Crippen LogP) is -2.12. The van der Waals surface area contributed by atoms with E-state index in [1.165, 1.54) is 10.7 Å². The molecule has 3 rings (SSSR count). The summed E-state index contributed by atoms with van der Waals surface area (Å²) in [5.74, 6) is 2.51. The molecule has 4 N–H and O–H groups in total. The lowest BCUT2D eigenvalue weighted by Crippen LogP contribution is -2.44. The first-order valence-corrected chi connectivity index (χ1v) is 6.50. The number of nitrogens with zero attached hydrogens (tertiary/aromatic N) is 3. The van der Waals surface area contributed by atoms with E-state index in [0.29, 0.717) is 5.82 Å². The lowest BCUT2D eigenvalue weighted by Gasteiger charge is -2.23. The Morgan fingerprint density at radius 3 is 2.91 bits per heavy atom. The van der Waals surface area contributed by atoms with Gasteiger partial charge in [0.05, 0.1) is 18.5 Å². The number of imidazole rings is 1. The van der Waals surface area contributed by atoms with Gasteiger partial charge in [-0.3, -0.25) is 4.79 Å². The topological polar surface area (TPSA) is 133 Å². The van der Waals surface area contributed by atoms with E-state index in [2.05, 4.69) is 21.0 Å². The van der Waals surface area contributed by atoms with Crippen molar-refractivity contribution in [2.24, 2.45) is 0 Å². The molecule has 1 saturated heterocycles. The van der Waals surface area contributed by atoms with Crippen molar-refractivity contribution >= 4 is 5.65 Å². The highest BCUT2D eigenvalue weighted by molar-refractivity contribution is 5.37.